The van der Waals surface area contributed by atoms with Crippen LogP contribution in [0.4, 0.5) is 5.69 Å². The average Bonchev–Trinajstić information content (AvgIpc) is 2.68. The molecule has 0 fully saturated rings. The van der Waals surface area contributed by atoms with Crippen molar-refractivity contribution >= 4 is 39.8 Å². The molecule has 0 radical (unpaired) electrons. The summed E-state index contributed by atoms with van der Waals surface area (Å²) in [6, 6.07) is 28.8. The fourth-order valence-electron chi connectivity index (χ4n) is 3.19. The first-order valence-corrected chi connectivity index (χ1v) is 9.53. The van der Waals surface area contributed by atoms with E-state index in [1.54, 1.807) is 6.07 Å². The number of fused-ring (bicyclic) bond motifs is 1. The van der Waals surface area contributed by atoms with Crippen LogP contribution in [0.3, 0.4) is 0 Å². The van der Waals surface area contributed by atoms with Gasteiger partial charge in [0.05, 0.1) is 10.5 Å². The van der Waals surface area contributed by atoms with Crippen LogP contribution in [0.5, 0.6) is 0 Å². The third kappa shape index (κ3) is 4.24. The molecule has 3 aromatic carbocycles. The van der Waals surface area contributed by atoms with E-state index in [2.05, 4.69) is 70.5 Å². The van der Waals surface area contributed by atoms with Gasteiger partial charge < -0.3 is 4.90 Å². The van der Waals surface area contributed by atoms with Gasteiger partial charge in [-0.1, -0.05) is 83.9 Å². The highest BCUT2D eigenvalue weighted by atomic mass is 35.5. The van der Waals surface area contributed by atoms with Crippen molar-refractivity contribution in [1.82, 2.24) is 4.98 Å². The van der Waals surface area contributed by atoms with Gasteiger partial charge in [-0.05, 0) is 35.4 Å². The Labute approximate surface area is 169 Å². The highest BCUT2D eigenvalue weighted by molar-refractivity contribution is 6.37. The minimum atomic E-state index is 0.405. The third-order valence-electron chi connectivity index (χ3n) is 4.51. The molecular formula is C23H18Cl2N2. The van der Waals surface area contributed by atoms with Crippen molar-refractivity contribution in [3.8, 4) is 0 Å². The number of anilines is 1. The van der Waals surface area contributed by atoms with E-state index in [0.717, 1.165) is 29.7 Å². The zero-order valence-electron chi connectivity index (χ0n) is 14.6. The van der Waals surface area contributed by atoms with Crippen molar-refractivity contribution in [2.75, 3.05) is 4.90 Å². The molecule has 0 saturated heterocycles. The van der Waals surface area contributed by atoms with E-state index >= 15 is 0 Å². The highest BCUT2D eigenvalue weighted by Crippen LogP contribution is 2.30. The molecule has 0 aliphatic carbocycles. The minimum Gasteiger partial charge on any atom is -0.363 e. The number of hydrogen-bond donors (Lipinski definition) is 0. The molecule has 0 aliphatic rings. The lowest BCUT2D eigenvalue weighted by atomic mass is 10.1. The predicted molar refractivity (Wildman–Crippen MR) is 115 cm³/mol. The molecule has 0 atom stereocenters. The van der Waals surface area contributed by atoms with E-state index in [4.69, 9.17) is 23.2 Å². The number of halogens is 2. The summed E-state index contributed by atoms with van der Waals surface area (Å²) in [4.78, 5) is 6.78. The molecule has 2 nitrogen and oxygen atoms in total. The second-order valence-corrected chi connectivity index (χ2v) is 7.25. The van der Waals surface area contributed by atoms with Crippen LogP contribution in [0, 0.1) is 0 Å². The fraction of sp³-hybridized carbons (Fsp3) is 0.0870. The second-order valence-electron chi connectivity index (χ2n) is 6.46. The molecule has 0 amide bonds. The summed E-state index contributed by atoms with van der Waals surface area (Å²) >= 11 is 12.4. The minimum absolute atomic E-state index is 0.405. The summed E-state index contributed by atoms with van der Waals surface area (Å²) in [5.74, 6) is 0. The first-order chi connectivity index (χ1) is 13.2. The van der Waals surface area contributed by atoms with Gasteiger partial charge in [-0.3, -0.25) is 0 Å². The summed E-state index contributed by atoms with van der Waals surface area (Å²) in [7, 11) is 0. The number of nitrogens with zero attached hydrogens (tertiary/aromatic N) is 2. The van der Waals surface area contributed by atoms with Crippen molar-refractivity contribution in [2.45, 2.75) is 13.1 Å². The van der Waals surface area contributed by atoms with E-state index in [-0.39, 0.29) is 0 Å². The van der Waals surface area contributed by atoms with Gasteiger partial charge in [0, 0.05) is 24.2 Å². The predicted octanol–water partition coefficient (Wildman–Crippen LogP) is 6.75. The largest absolute Gasteiger partial charge is 0.363 e. The lowest BCUT2D eigenvalue weighted by Gasteiger charge is -2.25. The number of aromatic nitrogens is 1. The molecule has 0 N–H and O–H groups in total. The quantitative estimate of drug-likeness (QED) is 0.349. The molecule has 134 valence electrons. The van der Waals surface area contributed by atoms with Crippen molar-refractivity contribution in [3.05, 3.63) is 106 Å². The Balaban J connectivity index is 1.74. The molecule has 0 spiro atoms. The molecule has 4 aromatic rings. The van der Waals surface area contributed by atoms with Gasteiger partial charge in [0.25, 0.3) is 0 Å². The van der Waals surface area contributed by atoms with Crippen LogP contribution in [-0.2, 0) is 13.1 Å². The fourth-order valence-corrected chi connectivity index (χ4v) is 3.71. The topological polar surface area (TPSA) is 16.1 Å². The highest BCUT2D eigenvalue weighted by Gasteiger charge is 2.11. The summed E-state index contributed by atoms with van der Waals surface area (Å²) in [6.45, 7) is 1.60. The van der Waals surface area contributed by atoms with Crippen LogP contribution in [-0.4, -0.2) is 4.98 Å². The second kappa shape index (κ2) is 7.99. The Bertz CT molecular complexity index is 1010. The maximum Gasteiger partial charge on any atom is 0.131 e. The Morgan fingerprint density at radius 1 is 0.704 bits per heavy atom. The van der Waals surface area contributed by atoms with E-state index in [0.29, 0.717) is 10.2 Å². The number of benzene rings is 3. The summed E-state index contributed by atoms with van der Waals surface area (Å²) in [5.41, 5.74) is 4.40. The molecule has 1 heterocycles. The van der Waals surface area contributed by atoms with Crippen molar-refractivity contribution in [3.63, 3.8) is 0 Å². The maximum absolute atomic E-state index is 6.32. The Kier molecular flexibility index (Phi) is 5.28. The number of rotatable bonds is 5. The third-order valence-corrected chi connectivity index (χ3v) is 5.02. The van der Waals surface area contributed by atoms with Crippen molar-refractivity contribution in [1.29, 1.82) is 0 Å². The molecule has 4 rings (SSSR count). The lowest BCUT2D eigenvalue weighted by Crippen LogP contribution is -2.22. The van der Waals surface area contributed by atoms with Crippen LogP contribution in [0.15, 0.2) is 84.9 Å². The van der Waals surface area contributed by atoms with E-state index in [9.17, 15) is 0 Å². The van der Waals surface area contributed by atoms with Gasteiger partial charge in [-0.15, -0.1) is 0 Å². The molecule has 0 unspecified atom stereocenters. The van der Waals surface area contributed by atoms with Crippen LogP contribution >= 0.6 is 23.2 Å². The zero-order chi connectivity index (χ0) is 18.6. The van der Waals surface area contributed by atoms with Gasteiger partial charge in [0.1, 0.15) is 5.15 Å². The van der Waals surface area contributed by atoms with E-state index < -0.39 is 0 Å². The summed E-state index contributed by atoms with van der Waals surface area (Å²) in [5, 5.41) is 1.93. The molecule has 27 heavy (non-hydrogen) atoms. The molecule has 4 heteroatoms. The SMILES string of the molecule is Clc1cc(Cl)c2ccc(N(Cc3ccccc3)Cc3ccccc3)cc2n1. The zero-order valence-corrected chi connectivity index (χ0v) is 16.2. The summed E-state index contributed by atoms with van der Waals surface area (Å²) < 4.78 is 0. The normalized spacial score (nSPS) is 10.9. The van der Waals surface area contributed by atoms with Gasteiger partial charge in [0.2, 0.25) is 0 Å². The van der Waals surface area contributed by atoms with Crippen molar-refractivity contribution < 1.29 is 0 Å². The van der Waals surface area contributed by atoms with E-state index in [1.165, 1.54) is 11.1 Å². The molecule has 1 aromatic heterocycles. The Hall–Kier alpha value is -2.55. The first-order valence-electron chi connectivity index (χ1n) is 8.78. The molecule has 0 bridgehead atoms. The average molecular weight is 393 g/mol. The van der Waals surface area contributed by atoms with Crippen molar-refractivity contribution in [2.24, 2.45) is 0 Å². The Morgan fingerprint density at radius 3 is 1.89 bits per heavy atom. The first kappa shape index (κ1) is 17.8. The number of hydrogen-bond acceptors (Lipinski definition) is 2. The maximum atomic E-state index is 6.32. The van der Waals surface area contributed by atoms with Gasteiger partial charge in [0.15, 0.2) is 0 Å². The van der Waals surface area contributed by atoms with Crippen LogP contribution in [0.25, 0.3) is 10.9 Å². The Morgan fingerprint density at radius 2 is 1.30 bits per heavy atom. The van der Waals surface area contributed by atoms with Crippen LogP contribution in [0.2, 0.25) is 10.2 Å². The summed E-state index contributed by atoms with van der Waals surface area (Å²) in [6.07, 6.45) is 0. The lowest BCUT2D eigenvalue weighted by molar-refractivity contribution is 0.800. The van der Waals surface area contributed by atoms with Gasteiger partial charge >= 0.3 is 0 Å². The standard InChI is InChI=1S/C23H18Cl2N2/c24-21-14-23(25)26-22-13-19(11-12-20(21)22)27(15-17-7-3-1-4-8-17)16-18-9-5-2-6-10-18/h1-14H,15-16H2. The van der Waals surface area contributed by atoms with Crippen LogP contribution in [0.1, 0.15) is 11.1 Å². The van der Waals surface area contributed by atoms with Gasteiger partial charge in [-0.25, -0.2) is 4.98 Å². The van der Waals surface area contributed by atoms with E-state index in [1.807, 2.05) is 18.2 Å². The van der Waals surface area contributed by atoms with Gasteiger partial charge in [-0.2, -0.15) is 0 Å². The smallest absolute Gasteiger partial charge is 0.131 e. The molecule has 0 saturated carbocycles. The molecular weight excluding hydrogens is 375 g/mol. The molecule has 0 aliphatic heterocycles. The van der Waals surface area contributed by atoms with Crippen LogP contribution < -0.4 is 4.90 Å². The monoisotopic (exact) mass is 392 g/mol. The number of pyridine rings is 1.